The zero-order valence-corrected chi connectivity index (χ0v) is 22.5. The molecule has 10 heteroatoms. The predicted molar refractivity (Wildman–Crippen MR) is 140 cm³/mol. The number of aliphatic imine (C=N–C) groups is 1. The van der Waals surface area contributed by atoms with Gasteiger partial charge in [0, 0.05) is 38.6 Å². The van der Waals surface area contributed by atoms with Crippen molar-refractivity contribution in [3.05, 3.63) is 41.5 Å². The van der Waals surface area contributed by atoms with Crippen LogP contribution in [0, 0.1) is 12.8 Å². The third-order valence-electron chi connectivity index (χ3n) is 5.76. The lowest BCUT2D eigenvalue weighted by Gasteiger charge is -2.20. The number of amides is 1. The standard InChI is InChI=1S/C23H35N7O2.HI/c1-16(2)22(31)30-13-11-19(15-30)26-23(25-14-21-28-27-17(3)29(21)4)24-12-10-18-6-8-20(32-5)9-7-18;/h6-9,16,19H,10-15H2,1-5H3,(H2,24,25,26);1H. The Labute approximate surface area is 213 Å². The van der Waals surface area contributed by atoms with Gasteiger partial charge in [-0.15, -0.1) is 34.2 Å². The molecule has 0 radical (unpaired) electrons. The molecule has 0 aliphatic carbocycles. The summed E-state index contributed by atoms with van der Waals surface area (Å²) in [7, 11) is 3.61. The molecule has 1 aromatic heterocycles. The van der Waals surface area contributed by atoms with Crippen LogP contribution in [0.5, 0.6) is 5.75 Å². The lowest BCUT2D eigenvalue weighted by atomic mass is 10.1. The number of rotatable bonds is 8. The number of ether oxygens (including phenoxy) is 1. The van der Waals surface area contributed by atoms with Gasteiger partial charge in [-0.25, -0.2) is 4.99 Å². The molecule has 1 amide bonds. The van der Waals surface area contributed by atoms with Crippen LogP contribution in [0.4, 0.5) is 0 Å². The van der Waals surface area contributed by atoms with Gasteiger partial charge in [0.2, 0.25) is 5.91 Å². The predicted octanol–water partition coefficient (Wildman–Crippen LogP) is 2.28. The van der Waals surface area contributed by atoms with Crippen molar-refractivity contribution in [1.29, 1.82) is 0 Å². The van der Waals surface area contributed by atoms with Crippen molar-refractivity contribution in [2.45, 2.75) is 46.2 Å². The van der Waals surface area contributed by atoms with E-state index in [1.165, 1.54) is 5.56 Å². The van der Waals surface area contributed by atoms with E-state index in [-0.39, 0.29) is 41.8 Å². The topological polar surface area (TPSA) is 96.7 Å². The van der Waals surface area contributed by atoms with E-state index in [2.05, 4.69) is 33.0 Å². The van der Waals surface area contributed by atoms with E-state index in [0.717, 1.165) is 49.3 Å². The van der Waals surface area contributed by atoms with Crippen molar-refractivity contribution in [3.8, 4) is 5.75 Å². The summed E-state index contributed by atoms with van der Waals surface area (Å²) < 4.78 is 7.17. The maximum absolute atomic E-state index is 12.3. The first-order chi connectivity index (χ1) is 15.4. The Bertz CT molecular complexity index is 927. The van der Waals surface area contributed by atoms with Gasteiger partial charge < -0.3 is 24.8 Å². The van der Waals surface area contributed by atoms with Crippen LogP contribution in [0.3, 0.4) is 0 Å². The van der Waals surface area contributed by atoms with Crippen molar-refractivity contribution in [2.75, 3.05) is 26.7 Å². The molecule has 1 atom stereocenters. The fraction of sp³-hybridized carbons (Fsp3) is 0.565. The van der Waals surface area contributed by atoms with Gasteiger partial charge in [0.25, 0.3) is 0 Å². The Morgan fingerprint density at radius 2 is 2.00 bits per heavy atom. The van der Waals surface area contributed by atoms with Crippen LogP contribution in [-0.2, 0) is 24.8 Å². The number of methoxy groups -OCH3 is 1. The zero-order chi connectivity index (χ0) is 23.1. The molecule has 1 fully saturated rings. The van der Waals surface area contributed by atoms with Gasteiger partial charge in [0.05, 0.1) is 7.11 Å². The normalized spacial score (nSPS) is 16.0. The number of aromatic nitrogens is 3. The van der Waals surface area contributed by atoms with Gasteiger partial charge in [-0.3, -0.25) is 4.79 Å². The molecule has 1 aromatic carbocycles. The van der Waals surface area contributed by atoms with E-state index in [1.54, 1.807) is 7.11 Å². The van der Waals surface area contributed by atoms with Gasteiger partial charge in [-0.1, -0.05) is 26.0 Å². The summed E-state index contributed by atoms with van der Waals surface area (Å²) in [5, 5.41) is 15.3. The number of guanidine groups is 1. The monoisotopic (exact) mass is 569 g/mol. The third-order valence-corrected chi connectivity index (χ3v) is 5.76. The number of halogens is 1. The van der Waals surface area contributed by atoms with Crippen molar-refractivity contribution in [1.82, 2.24) is 30.3 Å². The van der Waals surface area contributed by atoms with Crippen molar-refractivity contribution < 1.29 is 9.53 Å². The summed E-state index contributed by atoms with van der Waals surface area (Å²) in [6.45, 7) is 8.44. The Kier molecular flexibility index (Phi) is 10.4. The number of benzene rings is 1. The molecule has 33 heavy (non-hydrogen) atoms. The van der Waals surface area contributed by atoms with E-state index in [0.29, 0.717) is 13.1 Å². The molecule has 1 unspecified atom stereocenters. The summed E-state index contributed by atoms with van der Waals surface area (Å²) in [6, 6.07) is 8.25. The van der Waals surface area contributed by atoms with Crippen LogP contribution in [0.25, 0.3) is 0 Å². The highest BCUT2D eigenvalue weighted by Crippen LogP contribution is 2.13. The fourth-order valence-corrected chi connectivity index (χ4v) is 3.65. The first kappa shape index (κ1) is 26.9. The molecule has 2 aromatic rings. The van der Waals surface area contributed by atoms with Gasteiger partial charge in [-0.05, 0) is 37.5 Å². The molecular formula is C23H36IN7O2. The fourth-order valence-electron chi connectivity index (χ4n) is 3.65. The molecule has 9 nitrogen and oxygen atoms in total. The van der Waals surface area contributed by atoms with Crippen LogP contribution < -0.4 is 15.4 Å². The van der Waals surface area contributed by atoms with Gasteiger partial charge in [0.15, 0.2) is 11.8 Å². The molecule has 1 aliphatic heterocycles. The number of carbonyl (C=O) groups excluding carboxylic acids is 1. The van der Waals surface area contributed by atoms with Crippen LogP contribution in [0.1, 0.15) is 37.5 Å². The van der Waals surface area contributed by atoms with Crippen molar-refractivity contribution >= 4 is 35.8 Å². The molecule has 0 saturated carbocycles. The molecular weight excluding hydrogens is 533 g/mol. The summed E-state index contributed by atoms with van der Waals surface area (Å²) in [5.41, 5.74) is 1.22. The second kappa shape index (κ2) is 12.8. The van der Waals surface area contributed by atoms with Gasteiger partial charge >= 0.3 is 0 Å². The molecule has 1 aliphatic rings. The summed E-state index contributed by atoms with van der Waals surface area (Å²) in [6.07, 6.45) is 1.76. The smallest absolute Gasteiger partial charge is 0.225 e. The number of nitrogens with one attached hydrogen (secondary N) is 2. The van der Waals surface area contributed by atoms with E-state index in [9.17, 15) is 4.79 Å². The first-order valence-electron chi connectivity index (χ1n) is 11.2. The van der Waals surface area contributed by atoms with E-state index in [1.807, 2.05) is 49.4 Å². The number of nitrogens with zero attached hydrogens (tertiary/aromatic N) is 5. The van der Waals surface area contributed by atoms with E-state index >= 15 is 0 Å². The number of likely N-dealkylation sites (tertiary alicyclic amines) is 1. The number of hydrogen-bond acceptors (Lipinski definition) is 5. The molecule has 182 valence electrons. The lowest BCUT2D eigenvalue weighted by molar-refractivity contribution is -0.133. The Morgan fingerprint density at radius 3 is 2.61 bits per heavy atom. The molecule has 0 bridgehead atoms. The van der Waals surface area contributed by atoms with Crippen LogP contribution in [0.2, 0.25) is 0 Å². The van der Waals surface area contributed by atoms with E-state index in [4.69, 9.17) is 9.73 Å². The van der Waals surface area contributed by atoms with Crippen molar-refractivity contribution in [3.63, 3.8) is 0 Å². The van der Waals surface area contributed by atoms with Crippen LogP contribution in [-0.4, -0.2) is 64.3 Å². The highest BCUT2D eigenvalue weighted by Gasteiger charge is 2.28. The quantitative estimate of drug-likeness (QED) is 0.288. The van der Waals surface area contributed by atoms with Crippen LogP contribution >= 0.6 is 24.0 Å². The average Bonchev–Trinajstić information content (AvgIpc) is 3.38. The average molecular weight is 569 g/mol. The lowest BCUT2D eigenvalue weighted by Crippen LogP contribution is -2.46. The summed E-state index contributed by atoms with van der Waals surface area (Å²) >= 11 is 0. The van der Waals surface area contributed by atoms with E-state index < -0.39 is 0 Å². The van der Waals surface area contributed by atoms with Gasteiger partial charge in [-0.2, -0.15) is 0 Å². The van der Waals surface area contributed by atoms with Gasteiger partial charge in [0.1, 0.15) is 18.1 Å². The maximum Gasteiger partial charge on any atom is 0.225 e. The number of aryl methyl sites for hydroxylation is 1. The van der Waals surface area contributed by atoms with Crippen LogP contribution in [0.15, 0.2) is 29.3 Å². The molecule has 2 heterocycles. The minimum absolute atomic E-state index is 0. The SMILES string of the molecule is COc1ccc(CCNC(=NCc2nnc(C)n2C)NC2CCN(C(=O)C(C)C)C2)cc1.I. The molecule has 1 saturated heterocycles. The summed E-state index contributed by atoms with van der Waals surface area (Å²) in [4.78, 5) is 19.0. The molecule has 2 N–H and O–H groups in total. The Morgan fingerprint density at radius 1 is 1.27 bits per heavy atom. The summed E-state index contributed by atoms with van der Waals surface area (Å²) in [5.74, 6) is 3.46. The Balaban J connectivity index is 0.00000385. The van der Waals surface area contributed by atoms with Crippen molar-refractivity contribution in [2.24, 2.45) is 18.0 Å². The highest BCUT2D eigenvalue weighted by atomic mass is 127. The third kappa shape index (κ3) is 7.58. The Hall–Kier alpha value is -2.37. The second-order valence-corrected chi connectivity index (χ2v) is 8.48. The minimum atomic E-state index is 0. The first-order valence-corrected chi connectivity index (χ1v) is 11.2. The number of hydrogen-bond donors (Lipinski definition) is 2. The largest absolute Gasteiger partial charge is 0.497 e. The maximum atomic E-state index is 12.3. The molecule has 3 rings (SSSR count). The minimum Gasteiger partial charge on any atom is -0.497 e. The molecule has 0 spiro atoms. The zero-order valence-electron chi connectivity index (χ0n) is 20.2. The number of carbonyl (C=O) groups is 1. The highest BCUT2D eigenvalue weighted by molar-refractivity contribution is 14.0. The second-order valence-electron chi connectivity index (χ2n) is 8.48.